The summed E-state index contributed by atoms with van der Waals surface area (Å²) in [6.07, 6.45) is 10.0. The van der Waals surface area contributed by atoms with Crippen LogP contribution in [0.4, 0.5) is 11.4 Å². The number of fused-ring (bicyclic) bond motifs is 1. The highest BCUT2D eigenvalue weighted by molar-refractivity contribution is 5.68. The molecule has 5 rings (SSSR count). The zero-order valence-electron chi connectivity index (χ0n) is 23.0. The summed E-state index contributed by atoms with van der Waals surface area (Å²) in [6, 6.07) is 9.94. The van der Waals surface area contributed by atoms with Crippen LogP contribution in [0.15, 0.2) is 59.9 Å². The molecule has 0 bridgehead atoms. The summed E-state index contributed by atoms with van der Waals surface area (Å²) in [5.41, 5.74) is 3.35. The van der Waals surface area contributed by atoms with Gasteiger partial charge in [0.15, 0.2) is 0 Å². The molecule has 1 unspecified atom stereocenters. The van der Waals surface area contributed by atoms with Gasteiger partial charge in [0.1, 0.15) is 23.4 Å². The first-order chi connectivity index (χ1) is 19.0. The summed E-state index contributed by atoms with van der Waals surface area (Å²) in [7, 11) is 3.27. The number of nitrogens with one attached hydrogen (secondary N) is 1. The van der Waals surface area contributed by atoms with E-state index < -0.39 is 0 Å². The minimum absolute atomic E-state index is 0.0943. The molecular formula is C29H36N6O4. The van der Waals surface area contributed by atoms with E-state index in [1.165, 1.54) is 0 Å². The molecule has 10 heteroatoms. The highest BCUT2D eigenvalue weighted by Gasteiger charge is 2.19. The third-order valence-electron chi connectivity index (χ3n) is 6.90. The highest BCUT2D eigenvalue weighted by Crippen LogP contribution is 2.33. The number of hydrogen-bond donors (Lipinski definition) is 1. The smallest absolute Gasteiger partial charge is 0.265 e. The molecule has 1 aliphatic rings. The second-order valence-electron chi connectivity index (χ2n) is 9.95. The van der Waals surface area contributed by atoms with Crippen LogP contribution in [-0.2, 0) is 4.74 Å². The molecule has 0 saturated carbocycles. The fourth-order valence-corrected chi connectivity index (χ4v) is 4.81. The maximum Gasteiger partial charge on any atom is 0.265 e. The van der Waals surface area contributed by atoms with E-state index in [2.05, 4.69) is 34.1 Å². The van der Waals surface area contributed by atoms with Crippen molar-refractivity contribution >= 4 is 17.0 Å². The Morgan fingerprint density at radius 3 is 2.56 bits per heavy atom. The molecule has 1 fully saturated rings. The van der Waals surface area contributed by atoms with Crippen molar-refractivity contribution in [3.05, 3.63) is 65.5 Å². The third kappa shape index (κ3) is 5.91. The lowest BCUT2D eigenvalue weighted by Gasteiger charge is -2.27. The average molecular weight is 533 g/mol. The quantitative estimate of drug-likeness (QED) is 0.321. The lowest BCUT2D eigenvalue weighted by Crippen LogP contribution is -2.33. The minimum atomic E-state index is -0.158. The van der Waals surface area contributed by atoms with E-state index in [1.807, 2.05) is 42.7 Å². The predicted octanol–water partition coefficient (Wildman–Crippen LogP) is 4.41. The van der Waals surface area contributed by atoms with E-state index in [1.54, 1.807) is 35.7 Å². The Labute approximate surface area is 228 Å². The van der Waals surface area contributed by atoms with Crippen LogP contribution < -0.4 is 25.2 Å². The molecule has 0 spiro atoms. The summed E-state index contributed by atoms with van der Waals surface area (Å²) in [4.78, 5) is 20.4. The van der Waals surface area contributed by atoms with Crippen molar-refractivity contribution < 1.29 is 14.2 Å². The second kappa shape index (κ2) is 11.9. The summed E-state index contributed by atoms with van der Waals surface area (Å²) in [5, 5.41) is 7.96. The Morgan fingerprint density at radius 1 is 1.08 bits per heavy atom. The molecule has 0 aliphatic carbocycles. The molecular weight excluding hydrogens is 496 g/mol. The van der Waals surface area contributed by atoms with E-state index in [-0.39, 0.29) is 11.8 Å². The van der Waals surface area contributed by atoms with Crippen molar-refractivity contribution in [1.29, 1.82) is 0 Å². The lowest BCUT2D eigenvalue weighted by atomic mass is 10.2. The first kappa shape index (κ1) is 26.7. The average Bonchev–Trinajstić information content (AvgIpc) is 3.45. The van der Waals surface area contributed by atoms with E-state index >= 15 is 0 Å². The van der Waals surface area contributed by atoms with Gasteiger partial charge >= 0.3 is 0 Å². The minimum Gasteiger partial charge on any atom is -0.497 e. The molecule has 1 aliphatic heterocycles. The Bertz CT molecular complexity index is 1450. The molecule has 4 heterocycles. The van der Waals surface area contributed by atoms with E-state index in [9.17, 15) is 4.79 Å². The Morgan fingerprint density at radius 2 is 1.87 bits per heavy atom. The Hall–Kier alpha value is -3.89. The number of ether oxygens (including phenoxy) is 3. The number of nitrogens with zero attached hydrogens (tertiary/aromatic N) is 5. The van der Waals surface area contributed by atoms with Gasteiger partial charge in [0.05, 0.1) is 31.7 Å². The molecule has 0 radical (unpaired) electrons. The highest BCUT2D eigenvalue weighted by atomic mass is 16.5. The van der Waals surface area contributed by atoms with Crippen LogP contribution in [-0.4, -0.2) is 59.1 Å². The number of anilines is 2. The van der Waals surface area contributed by atoms with Crippen molar-refractivity contribution in [2.24, 2.45) is 0 Å². The molecule has 206 valence electrons. The predicted molar refractivity (Wildman–Crippen MR) is 151 cm³/mol. The molecule has 10 nitrogen and oxygen atoms in total. The molecule has 4 aromatic rings. The number of methoxy groups -OCH3 is 2. The largest absolute Gasteiger partial charge is 0.497 e. The van der Waals surface area contributed by atoms with Gasteiger partial charge in [-0.1, -0.05) is 13.8 Å². The van der Waals surface area contributed by atoms with Gasteiger partial charge in [-0.3, -0.25) is 9.20 Å². The second-order valence-corrected chi connectivity index (χ2v) is 9.95. The molecule has 1 N–H and O–H groups in total. The van der Waals surface area contributed by atoms with Crippen LogP contribution in [0.1, 0.15) is 39.3 Å². The summed E-state index contributed by atoms with van der Waals surface area (Å²) in [6.45, 7) is 6.36. The molecule has 39 heavy (non-hydrogen) atoms. The molecule has 0 amide bonds. The molecule has 1 atom stereocenters. The summed E-state index contributed by atoms with van der Waals surface area (Å²) < 4.78 is 20.3. The summed E-state index contributed by atoms with van der Waals surface area (Å²) >= 11 is 0. The number of benzene rings is 1. The Balaban J connectivity index is 1.53. The van der Waals surface area contributed by atoms with Crippen LogP contribution in [0.3, 0.4) is 0 Å². The lowest BCUT2D eigenvalue weighted by molar-refractivity contribution is -0.0394. The zero-order chi connectivity index (χ0) is 27.4. The zero-order valence-corrected chi connectivity index (χ0v) is 23.0. The van der Waals surface area contributed by atoms with Gasteiger partial charge in [-0.15, -0.1) is 0 Å². The van der Waals surface area contributed by atoms with Crippen molar-refractivity contribution in [1.82, 2.24) is 24.5 Å². The normalized spacial score (nSPS) is 15.6. The maximum atomic E-state index is 13.7. The van der Waals surface area contributed by atoms with Gasteiger partial charge in [0.25, 0.3) is 5.56 Å². The van der Waals surface area contributed by atoms with Gasteiger partial charge in [-0.25, -0.2) is 9.67 Å². The molecule has 1 saturated heterocycles. The van der Waals surface area contributed by atoms with Gasteiger partial charge in [-0.05, 0) is 31.4 Å². The Kier molecular flexibility index (Phi) is 8.13. The first-order valence-electron chi connectivity index (χ1n) is 13.4. The van der Waals surface area contributed by atoms with Crippen LogP contribution in [0, 0.1) is 0 Å². The van der Waals surface area contributed by atoms with Crippen LogP contribution in [0.25, 0.3) is 16.8 Å². The summed E-state index contributed by atoms with van der Waals surface area (Å²) in [5.74, 6) is 1.37. The fourth-order valence-electron chi connectivity index (χ4n) is 4.81. The topological polar surface area (TPSA) is 95.2 Å². The number of rotatable bonds is 10. The van der Waals surface area contributed by atoms with Gasteiger partial charge in [-0.2, -0.15) is 5.10 Å². The van der Waals surface area contributed by atoms with E-state index in [0.29, 0.717) is 35.3 Å². The van der Waals surface area contributed by atoms with Crippen LogP contribution in [0.5, 0.6) is 11.5 Å². The van der Waals surface area contributed by atoms with Crippen molar-refractivity contribution in [3.8, 4) is 22.6 Å². The van der Waals surface area contributed by atoms with Crippen molar-refractivity contribution in [2.45, 2.75) is 45.4 Å². The number of hydrogen-bond acceptors (Lipinski definition) is 8. The van der Waals surface area contributed by atoms with Crippen LogP contribution >= 0.6 is 0 Å². The van der Waals surface area contributed by atoms with E-state index in [0.717, 1.165) is 49.4 Å². The van der Waals surface area contributed by atoms with Crippen LogP contribution in [0.2, 0.25) is 0 Å². The maximum absolute atomic E-state index is 13.7. The number of aromatic nitrogens is 4. The molecule has 1 aromatic carbocycles. The van der Waals surface area contributed by atoms with Gasteiger partial charge < -0.3 is 24.4 Å². The van der Waals surface area contributed by atoms with Crippen molar-refractivity contribution in [2.75, 3.05) is 38.8 Å². The monoisotopic (exact) mass is 532 g/mol. The number of pyridine rings is 1. The van der Waals surface area contributed by atoms with E-state index in [4.69, 9.17) is 14.2 Å². The molecule has 3 aromatic heterocycles. The standard InChI is InChI=1S/C29H36N6O4/c1-20(2)30-10-11-33(23-13-24(37-3)15-25(14-23)38-4)22-8-9-27-31-17-26(29(36)34(27)19-22)21-16-32-35(18-21)28-7-5-6-12-39-28/h8-9,13-20,28,30H,5-7,10-12H2,1-4H3. The third-order valence-corrected chi connectivity index (χ3v) is 6.90. The van der Waals surface area contributed by atoms with Gasteiger partial charge in [0.2, 0.25) is 0 Å². The van der Waals surface area contributed by atoms with Gasteiger partial charge in [0, 0.05) is 73.8 Å². The SMILES string of the molecule is COc1cc(OC)cc(N(CCNC(C)C)c2ccc3ncc(-c4cnn(C5CCCCO5)c4)c(=O)n3c2)c1. The fraction of sp³-hybridized carbons (Fsp3) is 0.414. The first-order valence-corrected chi connectivity index (χ1v) is 13.4. The van der Waals surface area contributed by atoms with Crippen molar-refractivity contribution in [3.63, 3.8) is 0 Å².